The molecule has 3 nitrogen and oxygen atoms in total. The fourth-order valence-electron chi connectivity index (χ4n) is 3.28. The average molecular weight is 268 g/mol. The lowest BCUT2D eigenvalue weighted by atomic mass is 9.83. The van der Waals surface area contributed by atoms with Crippen LogP contribution in [0.15, 0.2) is 0 Å². The van der Waals surface area contributed by atoms with E-state index in [4.69, 9.17) is 5.73 Å². The Labute approximate surface area is 118 Å². The van der Waals surface area contributed by atoms with Crippen molar-refractivity contribution >= 4 is 5.91 Å². The van der Waals surface area contributed by atoms with Crippen LogP contribution in [-0.2, 0) is 4.79 Å². The highest BCUT2D eigenvalue weighted by atomic mass is 16.2. The van der Waals surface area contributed by atoms with Crippen LogP contribution < -0.4 is 5.73 Å². The van der Waals surface area contributed by atoms with Gasteiger partial charge in [0.1, 0.15) is 0 Å². The second-order valence-electron chi connectivity index (χ2n) is 6.59. The molecular weight excluding hydrogens is 236 g/mol. The summed E-state index contributed by atoms with van der Waals surface area (Å²) in [4.78, 5) is 14.5. The molecule has 1 aliphatic rings. The molecule has 3 heteroatoms. The lowest BCUT2D eigenvalue weighted by molar-refractivity contribution is -0.137. The topological polar surface area (TPSA) is 46.3 Å². The van der Waals surface area contributed by atoms with Crippen LogP contribution in [0.2, 0.25) is 0 Å². The highest BCUT2D eigenvalue weighted by Gasteiger charge is 2.29. The fraction of sp³-hybridized carbons (Fsp3) is 0.938. The van der Waals surface area contributed by atoms with Gasteiger partial charge in [0.25, 0.3) is 0 Å². The molecule has 1 atom stereocenters. The molecule has 1 unspecified atom stereocenters. The summed E-state index contributed by atoms with van der Waals surface area (Å²) in [5.74, 6) is 1.67. The summed E-state index contributed by atoms with van der Waals surface area (Å²) in [6.07, 6.45) is 7.07. The molecule has 0 aromatic heterocycles. The zero-order valence-electron chi connectivity index (χ0n) is 13.2. The summed E-state index contributed by atoms with van der Waals surface area (Å²) in [5.41, 5.74) is 5.79. The van der Waals surface area contributed by atoms with E-state index in [1.54, 1.807) is 0 Å². The summed E-state index contributed by atoms with van der Waals surface area (Å²) < 4.78 is 0. The SMILES string of the molecule is CCC1CCC(N(C)C(=O)C(CN)CC(C)C)CC1. The molecule has 19 heavy (non-hydrogen) atoms. The molecule has 0 spiro atoms. The molecular formula is C16H32N2O. The van der Waals surface area contributed by atoms with E-state index in [1.807, 2.05) is 11.9 Å². The Bertz CT molecular complexity index is 270. The van der Waals surface area contributed by atoms with Crippen molar-refractivity contribution < 1.29 is 4.79 Å². The lowest BCUT2D eigenvalue weighted by Crippen LogP contribution is -2.44. The number of nitrogens with zero attached hydrogens (tertiary/aromatic N) is 1. The van der Waals surface area contributed by atoms with Gasteiger partial charge in [-0.15, -0.1) is 0 Å². The van der Waals surface area contributed by atoms with E-state index in [0.717, 1.165) is 12.3 Å². The van der Waals surface area contributed by atoms with Gasteiger partial charge >= 0.3 is 0 Å². The number of carbonyl (C=O) groups is 1. The summed E-state index contributed by atoms with van der Waals surface area (Å²) in [7, 11) is 1.97. The second-order valence-corrected chi connectivity index (χ2v) is 6.59. The summed E-state index contributed by atoms with van der Waals surface area (Å²) in [6, 6.07) is 0.441. The monoisotopic (exact) mass is 268 g/mol. The third kappa shape index (κ3) is 4.79. The van der Waals surface area contributed by atoms with Crippen molar-refractivity contribution in [2.45, 2.75) is 65.3 Å². The zero-order valence-corrected chi connectivity index (χ0v) is 13.2. The van der Waals surface area contributed by atoms with Crippen molar-refractivity contribution in [3.05, 3.63) is 0 Å². The predicted octanol–water partition coefficient (Wildman–Crippen LogP) is 3.03. The smallest absolute Gasteiger partial charge is 0.226 e. The Kier molecular flexibility index (Phi) is 6.84. The van der Waals surface area contributed by atoms with Gasteiger partial charge in [-0.1, -0.05) is 27.2 Å². The lowest BCUT2D eigenvalue weighted by Gasteiger charge is -2.36. The van der Waals surface area contributed by atoms with Crippen molar-refractivity contribution in [1.82, 2.24) is 4.90 Å². The van der Waals surface area contributed by atoms with E-state index in [1.165, 1.54) is 32.1 Å². The molecule has 0 aliphatic heterocycles. The highest BCUT2D eigenvalue weighted by Crippen LogP contribution is 2.29. The number of rotatable bonds is 6. The number of nitrogens with two attached hydrogens (primary N) is 1. The predicted molar refractivity (Wildman–Crippen MR) is 80.8 cm³/mol. The quantitative estimate of drug-likeness (QED) is 0.805. The fourth-order valence-corrected chi connectivity index (χ4v) is 3.28. The zero-order chi connectivity index (χ0) is 14.4. The molecule has 0 aromatic carbocycles. The molecule has 0 saturated heterocycles. The van der Waals surface area contributed by atoms with Crippen LogP contribution >= 0.6 is 0 Å². The number of hydrogen-bond donors (Lipinski definition) is 1. The molecule has 112 valence electrons. The van der Waals surface area contributed by atoms with Crippen LogP contribution in [0, 0.1) is 17.8 Å². The van der Waals surface area contributed by atoms with E-state index in [0.29, 0.717) is 18.5 Å². The molecule has 0 bridgehead atoms. The Morgan fingerprint density at radius 1 is 1.26 bits per heavy atom. The van der Waals surface area contributed by atoms with Gasteiger partial charge in [-0.3, -0.25) is 4.79 Å². The first-order valence-corrected chi connectivity index (χ1v) is 7.96. The number of hydrogen-bond acceptors (Lipinski definition) is 2. The van der Waals surface area contributed by atoms with Gasteiger partial charge in [0.15, 0.2) is 0 Å². The van der Waals surface area contributed by atoms with Crippen LogP contribution in [0.4, 0.5) is 0 Å². The summed E-state index contributed by atoms with van der Waals surface area (Å²) >= 11 is 0. The van der Waals surface area contributed by atoms with Crippen molar-refractivity contribution in [3.8, 4) is 0 Å². The van der Waals surface area contributed by atoms with Crippen LogP contribution in [0.3, 0.4) is 0 Å². The van der Waals surface area contributed by atoms with Crippen LogP contribution in [0.25, 0.3) is 0 Å². The molecule has 0 radical (unpaired) electrons. The van der Waals surface area contributed by atoms with E-state index < -0.39 is 0 Å². The minimum absolute atomic E-state index is 0.00824. The van der Waals surface area contributed by atoms with E-state index in [9.17, 15) is 4.79 Å². The van der Waals surface area contributed by atoms with E-state index >= 15 is 0 Å². The van der Waals surface area contributed by atoms with Crippen molar-refractivity contribution in [2.24, 2.45) is 23.5 Å². The van der Waals surface area contributed by atoms with Gasteiger partial charge < -0.3 is 10.6 Å². The van der Waals surface area contributed by atoms with Crippen molar-refractivity contribution in [2.75, 3.05) is 13.6 Å². The van der Waals surface area contributed by atoms with Crippen LogP contribution in [-0.4, -0.2) is 30.4 Å². The first kappa shape index (κ1) is 16.5. The van der Waals surface area contributed by atoms with Gasteiger partial charge in [-0.25, -0.2) is 0 Å². The van der Waals surface area contributed by atoms with E-state index in [2.05, 4.69) is 20.8 Å². The minimum Gasteiger partial charge on any atom is -0.342 e. The Hall–Kier alpha value is -0.570. The summed E-state index contributed by atoms with van der Waals surface area (Å²) in [5, 5.41) is 0. The number of carbonyl (C=O) groups excluding carboxylic acids is 1. The Morgan fingerprint density at radius 3 is 2.26 bits per heavy atom. The third-order valence-corrected chi connectivity index (χ3v) is 4.68. The molecule has 0 heterocycles. The summed E-state index contributed by atoms with van der Waals surface area (Å²) in [6.45, 7) is 7.06. The van der Waals surface area contributed by atoms with Gasteiger partial charge in [-0.05, 0) is 43.9 Å². The van der Waals surface area contributed by atoms with E-state index in [-0.39, 0.29) is 11.8 Å². The first-order chi connectivity index (χ1) is 8.99. The molecule has 2 N–H and O–H groups in total. The molecule has 1 saturated carbocycles. The van der Waals surface area contributed by atoms with Gasteiger partial charge in [0.2, 0.25) is 5.91 Å². The molecule has 1 aliphatic carbocycles. The van der Waals surface area contributed by atoms with Crippen LogP contribution in [0.1, 0.15) is 59.3 Å². The molecule has 1 rings (SSSR count). The Morgan fingerprint density at radius 2 is 1.84 bits per heavy atom. The van der Waals surface area contributed by atoms with Crippen molar-refractivity contribution in [3.63, 3.8) is 0 Å². The van der Waals surface area contributed by atoms with Crippen molar-refractivity contribution in [1.29, 1.82) is 0 Å². The first-order valence-electron chi connectivity index (χ1n) is 7.96. The maximum Gasteiger partial charge on any atom is 0.226 e. The maximum absolute atomic E-state index is 12.5. The third-order valence-electron chi connectivity index (χ3n) is 4.68. The van der Waals surface area contributed by atoms with Gasteiger partial charge in [-0.2, -0.15) is 0 Å². The average Bonchev–Trinajstić information content (AvgIpc) is 2.43. The Balaban J connectivity index is 2.51. The minimum atomic E-state index is 0.00824. The normalized spacial score (nSPS) is 25.4. The molecule has 1 amide bonds. The van der Waals surface area contributed by atoms with Crippen LogP contribution in [0.5, 0.6) is 0 Å². The van der Waals surface area contributed by atoms with Gasteiger partial charge in [0.05, 0.1) is 5.92 Å². The van der Waals surface area contributed by atoms with Gasteiger partial charge in [0, 0.05) is 19.6 Å². The largest absolute Gasteiger partial charge is 0.342 e. The number of amides is 1. The molecule has 0 aromatic rings. The highest BCUT2D eigenvalue weighted by molar-refractivity contribution is 5.79. The maximum atomic E-state index is 12.5. The molecule has 1 fully saturated rings. The standard InChI is InChI=1S/C16H32N2O/c1-5-13-6-8-15(9-7-13)18(4)16(19)14(11-17)10-12(2)3/h12-15H,5-11,17H2,1-4H3. The second kappa shape index (κ2) is 7.88.